The van der Waals surface area contributed by atoms with Gasteiger partial charge in [0.15, 0.2) is 0 Å². The van der Waals surface area contributed by atoms with Crippen LogP contribution in [0.3, 0.4) is 0 Å². The minimum atomic E-state index is -3.81. The molecule has 1 aliphatic rings. The number of carbonyl (C=O) groups is 1. The van der Waals surface area contributed by atoms with Crippen LogP contribution >= 0.6 is 11.3 Å². The molecule has 4 rings (SSSR count). The number of hydrogen-bond acceptors (Lipinski definition) is 5. The van der Waals surface area contributed by atoms with Crippen LogP contribution in [0.1, 0.15) is 40.2 Å². The minimum Gasteiger partial charge on any atom is -0.495 e. The summed E-state index contributed by atoms with van der Waals surface area (Å²) >= 11 is 1.74. The van der Waals surface area contributed by atoms with Crippen LogP contribution in [0.5, 0.6) is 5.75 Å². The number of para-hydroxylation sites is 2. The van der Waals surface area contributed by atoms with E-state index in [2.05, 4.69) is 18.4 Å². The lowest BCUT2D eigenvalue weighted by Gasteiger charge is -2.35. The predicted octanol–water partition coefficient (Wildman–Crippen LogP) is 4.73. The lowest BCUT2D eigenvalue weighted by Crippen LogP contribution is -2.39. The SMILES string of the molecule is CCC1c2ccsc2CCN1C(=O)c1ccc(S(=O)(=O)N(C)c2ccccc2OC)cc1. The van der Waals surface area contributed by atoms with E-state index in [0.29, 0.717) is 23.5 Å². The monoisotopic (exact) mass is 470 g/mol. The zero-order chi connectivity index (χ0) is 22.9. The fourth-order valence-corrected chi connectivity index (χ4v) is 6.33. The molecule has 0 bridgehead atoms. The molecular weight excluding hydrogens is 444 g/mol. The van der Waals surface area contributed by atoms with Gasteiger partial charge in [-0.05, 0) is 66.2 Å². The van der Waals surface area contributed by atoms with Crippen LogP contribution in [0.2, 0.25) is 0 Å². The van der Waals surface area contributed by atoms with Gasteiger partial charge in [-0.2, -0.15) is 0 Å². The summed E-state index contributed by atoms with van der Waals surface area (Å²) in [6.45, 7) is 2.75. The van der Waals surface area contributed by atoms with Crippen molar-refractivity contribution >= 4 is 33.0 Å². The first kappa shape index (κ1) is 22.4. The predicted molar refractivity (Wildman–Crippen MR) is 127 cm³/mol. The topological polar surface area (TPSA) is 66.9 Å². The summed E-state index contributed by atoms with van der Waals surface area (Å²) in [5.74, 6) is 0.393. The van der Waals surface area contributed by atoms with Crippen LogP contribution in [0.4, 0.5) is 5.69 Å². The van der Waals surface area contributed by atoms with Crippen molar-refractivity contribution in [1.29, 1.82) is 0 Å². The van der Waals surface area contributed by atoms with Gasteiger partial charge in [0.05, 0.1) is 23.7 Å². The zero-order valence-electron chi connectivity index (χ0n) is 18.3. The van der Waals surface area contributed by atoms with E-state index in [9.17, 15) is 13.2 Å². The van der Waals surface area contributed by atoms with Crippen molar-refractivity contribution in [2.24, 2.45) is 0 Å². The highest BCUT2D eigenvalue weighted by Gasteiger charge is 2.31. The van der Waals surface area contributed by atoms with Crippen molar-refractivity contribution in [3.05, 3.63) is 76.0 Å². The molecule has 0 saturated heterocycles. The number of carbonyl (C=O) groups excluding carboxylic acids is 1. The second kappa shape index (κ2) is 8.96. The van der Waals surface area contributed by atoms with Crippen molar-refractivity contribution < 1.29 is 17.9 Å². The third kappa shape index (κ3) is 3.89. The number of nitrogens with zero attached hydrogens (tertiary/aromatic N) is 2. The summed E-state index contributed by atoms with van der Waals surface area (Å²) in [6, 6.07) is 15.3. The largest absolute Gasteiger partial charge is 0.495 e. The maximum absolute atomic E-state index is 13.3. The van der Waals surface area contributed by atoms with Crippen LogP contribution in [0, 0.1) is 0 Å². The Morgan fingerprint density at radius 1 is 1.16 bits per heavy atom. The Hall–Kier alpha value is -2.84. The molecule has 1 aromatic heterocycles. The molecule has 2 aromatic carbocycles. The fraction of sp³-hybridized carbons (Fsp3) is 0.292. The summed E-state index contributed by atoms with van der Waals surface area (Å²) in [5, 5.41) is 2.08. The number of benzene rings is 2. The average molecular weight is 471 g/mol. The summed E-state index contributed by atoms with van der Waals surface area (Å²) in [7, 11) is -0.817. The molecule has 0 fully saturated rings. The zero-order valence-corrected chi connectivity index (χ0v) is 19.9. The quantitative estimate of drug-likeness (QED) is 0.522. The van der Waals surface area contributed by atoms with E-state index in [1.54, 1.807) is 47.7 Å². The smallest absolute Gasteiger partial charge is 0.264 e. The Bertz CT molecular complexity index is 1220. The number of amides is 1. The maximum atomic E-state index is 13.3. The van der Waals surface area contributed by atoms with Crippen LogP contribution in [0.25, 0.3) is 0 Å². The normalized spacial score (nSPS) is 15.8. The van der Waals surface area contributed by atoms with Crippen LogP contribution in [0.15, 0.2) is 64.9 Å². The Kier molecular flexibility index (Phi) is 6.26. The van der Waals surface area contributed by atoms with Crippen molar-refractivity contribution in [1.82, 2.24) is 4.90 Å². The fourth-order valence-electron chi connectivity index (χ4n) is 4.19. The molecule has 0 aliphatic carbocycles. The highest BCUT2D eigenvalue weighted by molar-refractivity contribution is 7.92. The molecule has 168 valence electrons. The van der Waals surface area contributed by atoms with Gasteiger partial charge in [-0.25, -0.2) is 8.42 Å². The van der Waals surface area contributed by atoms with Crippen LogP contribution in [-0.2, 0) is 16.4 Å². The van der Waals surface area contributed by atoms with E-state index in [4.69, 9.17) is 4.74 Å². The number of anilines is 1. The van der Waals surface area contributed by atoms with E-state index in [-0.39, 0.29) is 16.8 Å². The first-order valence-corrected chi connectivity index (χ1v) is 12.8. The molecule has 6 nitrogen and oxygen atoms in total. The average Bonchev–Trinajstić information content (AvgIpc) is 3.31. The van der Waals surface area contributed by atoms with Gasteiger partial charge in [-0.1, -0.05) is 19.1 Å². The van der Waals surface area contributed by atoms with Crippen LogP contribution < -0.4 is 9.04 Å². The summed E-state index contributed by atoms with van der Waals surface area (Å²) in [5.41, 5.74) is 2.16. The molecule has 0 radical (unpaired) electrons. The first-order chi connectivity index (χ1) is 15.4. The van der Waals surface area contributed by atoms with Crippen molar-refractivity contribution in [3.63, 3.8) is 0 Å². The molecule has 1 atom stereocenters. The van der Waals surface area contributed by atoms with Crippen molar-refractivity contribution in [2.75, 3.05) is 25.0 Å². The summed E-state index contributed by atoms with van der Waals surface area (Å²) < 4.78 is 32.8. The van der Waals surface area contributed by atoms with Gasteiger partial charge < -0.3 is 9.64 Å². The molecule has 2 heterocycles. The van der Waals surface area contributed by atoms with Gasteiger partial charge in [0, 0.05) is 24.0 Å². The van der Waals surface area contributed by atoms with E-state index >= 15 is 0 Å². The van der Waals surface area contributed by atoms with E-state index in [0.717, 1.165) is 12.8 Å². The lowest BCUT2D eigenvalue weighted by atomic mass is 9.97. The van der Waals surface area contributed by atoms with Crippen LogP contribution in [-0.4, -0.2) is 39.9 Å². The molecule has 0 saturated carbocycles. The minimum absolute atomic E-state index is 0.0533. The molecule has 3 aromatic rings. The Balaban J connectivity index is 1.58. The highest BCUT2D eigenvalue weighted by Crippen LogP contribution is 2.36. The van der Waals surface area contributed by atoms with Gasteiger partial charge in [-0.3, -0.25) is 9.10 Å². The molecular formula is C24H26N2O4S2. The number of methoxy groups -OCH3 is 1. The standard InChI is InChI=1S/C24H26N2O4S2/c1-4-20-19-14-16-31-23(19)13-15-26(20)24(27)17-9-11-18(12-10-17)32(28,29)25(2)21-7-5-6-8-22(21)30-3/h5-12,14,16,20H,4,13,15H2,1-3H3. The number of ether oxygens (including phenoxy) is 1. The van der Waals surface area contributed by atoms with Gasteiger partial charge >= 0.3 is 0 Å². The number of thiophene rings is 1. The van der Waals surface area contributed by atoms with E-state index in [1.165, 1.54) is 41.0 Å². The number of sulfonamides is 1. The van der Waals surface area contributed by atoms with Crippen molar-refractivity contribution in [3.8, 4) is 5.75 Å². The van der Waals surface area contributed by atoms with E-state index in [1.807, 2.05) is 4.90 Å². The van der Waals surface area contributed by atoms with Gasteiger partial charge in [-0.15, -0.1) is 11.3 Å². The first-order valence-electron chi connectivity index (χ1n) is 10.5. The molecule has 1 unspecified atom stereocenters. The van der Waals surface area contributed by atoms with Crippen molar-refractivity contribution in [2.45, 2.75) is 30.7 Å². The molecule has 1 amide bonds. The molecule has 0 N–H and O–H groups in total. The van der Waals surface area contributed by atoms with Gasteiger partial charge in [0.1, 0.15) is 5.75 Å². The lowest BCUT2D eigenvalue weighted by molar-refractivity contribution is 0.0657. The molecule has 32 heavy (non-hydrogen) atoms. The number of rotatable bonds is 6. The second-order valence-electron chi connectivity index (χ2n) is 7.64. The molecule has 8 heteroatoms. The summed E-state index contributed by atoms with van der Waals surface area (Å²) in [6.07, 6.45) is 1.69. The summed E-state index contributed by atoms with van der Waals surface area (Å²) in [4.78, 5) is 16.6. The Morgan fingerprint density at radius 3 is 2.56 bits per heavy atom. The third-order valence-corrected chi connectivity index (χ3v) is 8.71. The number of fused-ring (bicyclic) bond motifs is 1. The second-order valence-corrected chi connectivity index (χ2v) is 10.6. The van der Waals surface area contributed by atoms with E-state index < -0.39 is 10.0 Å². The molecule has 0 spiro atoms. The Labute approximate surface area is 193 Å². The van der Waals surface area contributed by atoms with Gasteiger partial charge in [0.25, 0.3) is 15.9 Å². The highest BCUT2D eigenvalue weighted by atomic mass is 32.2. The third-order valence-electron chi connectivity index (χ3n) is 5.93. The molecule has 1 aliphatic heterocycles. The Morgan fingerprint density at radius 2 is 1.88 bits per heavy atom. The van der Waals surface area contributed by atoms with Gasteiger partial charge in [0.2, 0.25) is 0 Å². The maximum Gasteiger partial charge on any atom is 0.264 e. The number of hydrogen-bond donors (Lipinski definition) is 0.